The quantitative estimate of drug-likeness (QED) is 0.819. The molecular weight excluding hydrogens is 281 g/mol. The largest absolute Gasteiger partial charge is 0.395 e. The predicted octanol–water partition coefficient (Wildman–Crippen LogP) is 2.54. The van der Waals surface area contributed by atoms with Crippen LogP contribution in [0.5, 0.6) is 0 Å². The van der Waals surface area contributed by atoms with Crippen LogP contribution in [0.2, 0.25) is 0 Å². The molecule has 1 heterocycles. The number of nitrogens with one attached hydrogen (secondary N) is 1. The molecule has 1 aliphatic heterocycles. The van der Waals surface area contributed by atoms with Gasteiger partial charge in [-0.2, -0.15) is 13.2 Å². The van der Waals surface area contributed by atoms with E-state index >= 15 is 0 Å². The topological polar surface area (TPSA) is 35.5 Å². The van der Waals surface area contributed by atoms with Gasteiger partial charge in [-0.25, -0.2) is 0 Å². The van der Waals surface area contributed by atoms with Gasteiger partial charge >= 0.3 is 6.18 Å². The van der Waals surface area contributed by atoms with Crippen LogP contribution in [-0.4, -0.2) is 54.5 Å². The first-order valence-corrected chi connectivity index (χ1v) is 8.12. The molecule has 0 spiro atoms. The molecule has 3 nitrogen and oxygen atoms in total. The highest BCUT2D eigenvalue weighted by Gasteiger charge is 2.36. The van der Waals surface area contributed by atoms with E-state index in [0.717, 1.165) is 19.4 Å². The predicted molar refractivity (Wildman–Crippen MR) is 76.1 cm³/mol. The van der Waals surface area contributed by atoms with Gasteiger partial charge in [0.05, 0.1) is 6.61 Å². The van der Waals surface area contributed by atoms with Gasteiger partial charge < -0.3 is 10.4 Å². The fourth-order valence-corrected chi connectivity index (χ4v) is 3.83. The Morgan fingerprint density at radius 3 is 2.38 bits per heavy atom. The van der Waals surface area contributed by atoms with Gasteiger partial charge in [0.2, 0.25) is 0 Å². The zero-order chi connectivity index (χ0) is 15.3. The first-order valence-electron chi connectivity index (χ1n) is 8.12. The number of halogens is 3. The number of nitrogens with zero attached hydrogens (tertiary/aromatic N) is 1. The van der Waals surface area contributed by atoms with Crippen molar-refractivity contribution in [1.82, 2.24) is 10.2 Å². The van der Waals surface area contributed by atoms with Crippen LogP contribution in [0.4, 0.5) is 13.2 Å². The fraction of sp³-hybridized carbons (Fsp3) is 1.00. The van der Waals surface area contributed by atoms with Gasteiger partial charge in [0.15, 0.2) is 0 Å². The molecule has 1 saturated carbocycles. The maximum atomic E-state index is 12.7. The van der Waals surface area contributed by atoms with Gasteiger partial charge in [-0.05, 0) is 25.2 Å². The summed E-state index contributed by atoms with van der Waals surface area (Å²) < 4.78 is 38.0. The summed E-state index contributed by atoms with van der Waals surface area (Å²) in [6.07, 6.45) is 1.78. The Kier molecular flexibility index (Phi) is 6.32. The third-order valence-corrected chi connectivity index (χ3v) is 4.63. The number of aliphatic hydroxyl groups excluding tert-OH is 1. The minimum atomic E-state index is -4.09. The summed E-state index contributed by atoms with van der Waals surface area (Å²) in [5.74, 6) is -0.355. The van der Waals surface area contributed by atoms with E-state index in [2.05, 4.69) is 5.32 Å². The Hall–Kier alpha value is -0.330. The summed E-state index contributed by atoms with van der Waals surface area (Å²) >= 11 is 0. The molecule has 21 heavy (non-hydrogen) atoms. The van der Waals surface area contributed by atoms with Crippen molar-refractivity contribution in [2.24, 2.45) is 5.92 Å². The average molecular weight is 308 g/mol. The van der Waals surface area contributed by atoms with E-state index in [0.29, 0.717) is 25.6 Å². The Labute approximate surface area is 124 Å². The van der Waals surface area contributed by atoms with Crippen LogP contribution in [0.1, 0.15) is 44.9 Å². The number of hydrogen-bond acceptors (Lipinski definition) is 3. The SMILES string of the molecule is OCCN1CC(CC(F)(F)F)CC(NC2CCCCC2)C1. The second-order valence-electron chi connectivity index (χ2n) is 6.60. The summed E-state index contributed by atoms with van der Waals surface area (Å²) in [7, 11) is 0. The van der Waals surface area contributed by atoms with Crippen LogP contribution in [0, 0.1) is 5.92 Å². The summed E-state index contributed by atoms with van der Waals surface area (Å²) in [5, 5.41) is 12.6. The van der Waals surface area contributed by atoms with Crippen LogP contribution >= 0.6 is 0 Å². The third kappa shape index (κ3) is 6.12. The third-order valence-electron chi connectivity index (χ3n) is 4.63. The van der Waals surface area contributed by atoms with Gasteiger partial charge in [-0.1, -0.05) is 19.3 Å². The second-order valence-corrected chi connectivity index (χ2v) is 6.60. The lowest BCUT2D eigenvalue weighted by Crippen LogP contribution is -2.53. The Morgan fingerprint density at radius 2 is 1.76 bits per heavy atom. The summed E-state index contributed by atoms with van der Waals surface area (Å²) in [6.45, 7) is 1.68. The van der Waals surface area contributed by atoms with E-state index in [1.807, 2.05) is 4.90 Å². The zero-order valence-corrected chi connectivity index (χ0v) is 12.5. The molecule has 2 atom stereocenters. The van der Waals surface area contributed by atoms with E-state index in [1.165, 1.54) is 19.3 Å². The molecule has 1 saturated heterocycles. The molecule has 0 radical (unpaired) electrons. The summed E-state index contributed by atoms with van der Waals surface area (Å²) in [6, 6.07) is 0.588. The minimum Gasteiger partial charge on any atom is -0.395 e. The maximum absolute atomic E-state index is 12.7. The average Bonchev–Trinajstić information content (AvgIpc) is 2.38. The molecule has 124 valence electrons. The molecule has 2 N–H and O–H groups in total. The van der Waals surface area contributed by atoms with Gasteiger partial charge in [0, 0.05) is 38.1 Å². The van der Waals surface area contributed by atoms with Gasteiger partial charge in [0.25, 0.3) is 0 Å². The highest BCUT2D eigenvalue weighted by molar-refractivity contribution is 4.87. The molecule has 6 heteroatoms. The molecule has 1 aliphatic carbocycles. The number of hydrogen-bond donors (Lipinski definition) is 2. The number of piperidine rings is 1. The zero-order valence-electron chi connectivity index (χ0n) is 12.5. The summed E-state index contributed by atoms with van der Waals surface area (Å²) in [5.41, 5.74) is 0. The van der Waals surface area contributed by atoms with Crippen molar-refractivity contribution in [2.45, 2.75) is 63.2 Å². The number of aliphatic hydroxyl groups is 1. The van der Waals surface area contributed by atoms with Crippen molar-refractivity contribution in [3.8, 4) is 0 Å². The van der Waals surface area contributed by atoms with Gasteiger partial charge in [-0.15, -0.1) is 0 Å². The number of rotatable bonds is 5. The van der Waals surface area contributed by atoms with Gasteiger partial charge in [-0.3, -0.25) is 4.90 Å². The Balaban J connectivity index is 1.88. The van der Waals surface area contributed by atoms with Crippen LogP contribution in [-0.2, 0) is 0 Å². The highest BCUT2D eigenvalue weighted by Crippen LogP contribution is 2.31. The van der Waals surface area contributed by atoms with Crippen molar-refractivity contribution in [3.05, 3.63) is 0 Å². The lowest BCUT2D eigenvalue weighted by Gasteiger charge is -2.40. The number of alkyl halides is 3. The molecular formula is C15H27F3N2O. The van der Waals surface area contributed by atoms with Crippen molar-refractivity contribution < 1.29 is 18.3 Å². The molecule has 2 aliphatic rings. The normalized spacial score (nSPS) is 29.7. The Bertz CT molecular complexity index is 306. The maximum Gasteiger partial charge on any atom is 0.389 e. The molecule has 0 bridgehead atoms. The minimum absolute atomic E-state index is 0.00882. The molecule has 2 unspecified atom stereocenters. The Morgan fingerprint density at radius 1 is 1.05 bits per heavy atom. The molecule has 0 aromatic heterocycles. The lowest BCUT2D eigenvalue weighted by atomic mass is 9.89. The fourth-order valence-electron chi connectivity index (χ4n) is 3.83. The molecule has 0 amide bonds. The highest BCUT2D eigenvalue weighted by atomic mass is 19.4. The van der Waals surface area contributed by atoms with E-state index in [1.54, 1.807) is 0 Å². The lowest BCUT2D eigenvalue weighted by molar-refractivity contribution is -0.149. The van der Waals surface area contributed by atoms with E-state index in [-0.39, 0.29) is 18.6 Å². The van der Waals surface area contributed by atoms with Crippen molar-refractivity contribution in [2.75, 3.05) is 26.2 Å². The van der Waals surface area contributed by atoms with E-state index in [9.17, 15) is 13.2 Å². The standard InChI is InChI=1S/C15H27F3N2O/c16-15(17,18)9-12-8-14(11-20(10-12)6-7-21)19-13-4-2-1-3-5-13/h12-14,19,21H,1-11H2. The van der Waals surface area contributed by atoms with Crippen molar-refractivity contribution in [3.63, 3.8) is 0 Å². The number of β-amino-alcohol motifs (C(OH)–C–C–N with tert-alkyl or cyclic N) is 1. The van der Waals surface area contributed by atoms with Crippen molar-refractivity contribution in [1.29, 1.82) is 0 Å². The molecule has 2 rings (SSSR count). The number of likely N-dealkylation sites (tertiary alicyclic amines) is 1. The van der Waals surface area contributed by atoms with E-state index in [4.69, 9.17) is 5.11 Å². The first kappa shape index (κ1) is 17.0. The monoisotopic (exact) mass is 308 g/mol. The molecule has 0 aromatic rings. The van der Waals surface area contributed by atoms with Crippen LogP contribution in [0.3, 0.4) is 0 Å². The van der Waals surface area contributed by atoms with E-state index < -0.39 is 12.6 Å². The summed E-state index contributed by atoms with van der Waals surface area (Å²) in [4.78, 5) is 1.97. The van der Waals surface area contributed by atoms with Crippen molar-refractivity contribution >= 4 is 0 Å². The smallest absolute Gasteiger partial charge is 0.389 e. The molecule has 2 fully saturated rings. The second kappa shape index (κ2) is 7.79. The first-order chi connectivity index (χ1) is 9.96. The molecule has 0 aromatic carbocycles. The van der Waals surface area contributed by atoms with Crippen LogP contribution < -0.4 is 5.32 Å². The van der Waals surface area contributed by atoms with Crippen LogP contribution in [0.15, 0.2) is 0 Å². The van der Waals surface area contributed by atoms with Crippen LogP contribution in [0.25, 0.3) is 0 Å². The van der Waals surface area contributed by atoms with Gasteiger partial charge in [0.1, 0.15) is 0 Å².